The lowest BCUT2D eigenvalue weighted by molar-refractivity contribution is 0.314. The molecule has 1 aliphatic carbocycles. The van der Waals surface area contributed by atoms with Gasteiger partial charge in [-0.3, -0.25) is 0 Å². The molecule has 4 rings (SSSR count). The second-order valence-corrected chi connectivity index (χ2v) is 9.99. The van der Waals surface area contributed by atoms with E-state index in [-0.39, 0.29) is 29.4 Å². The van der Waals surface area contributed by atoms with Crippen molar-refractivity contribution in [2.45, 2.75) is 58.8 Å². The third-order valence-corrected chi connectivity index (χ3v) is 7.46. The first-order valence-electron chi connectivity index (χ1n) is 13.6. The zero-order chi connectivity index (χ0) is 28.8. The number of aryl methyl sites for hydroxylation is 2. The Hall–Kier alpha value is -3.48. The molecule has 1 unspecified atom stereocenters. The summed E-state index contributed by atoms with van der Waals surface area (Å²) in [5.74, 6) is -6.64. The smallest absolute Gasteiger partial charge is 0.201 e. The van der Waals surface area contributed by atoms with E-state index in [2.05, 4.69) is 0 Å². The van der Waals surface area contributed by atoms with Crippen LogP contribution in [-0.4, -0.2) is 6.61 Å². The van der Waals surface area contributed by atoms with Crippen LogP contribution in [0.1, 0.15) is 62.6 Å². The summed E-state index contributed by atoms with van der Waals surface area (Å²) in [7, 11) is 0. The SMILES string of the molecule is C/C=C/CCc1ccc(CCC2CC=C(c3ccc(-c4ccc(OCC)c(F)c4F)c(F)c3F)CC2)c(F)c1F. The van der Waals surface area contributed by atoms with Crippen LogP contribution >= 0.6 is 0 Å². The number of allylic oxidation sites excluding steroid dienone is 4. The van der Waals surface area contributed by atoms with Gasteiger partial charge in [0.15, 0.2) is 34.8 Å². The van der Waals surface area contributed by atoms with Crippen molar-refractivity contribution in [3.8, 4) is 16.9 Å². The third kappa shape index (κ3) is 6.29. The lowest BCUT2D eigenvalue weighted by Crippen LogP contribution is -2.09. The standard InChI is InChI=1S/C33H32F6O/c1-3-5-6-7-22-14-15-23(29(35)28(22)34)13-10-20-8-11-21(12-9-20)24-16-17-25(31(37)30(24)36)26-18-19-27(40-4-2)33(39)32(26)38/h3,5,11,14-20H,4,6-10,12-13H2,1-2H3/b5-3+. The minimum Gasteiger partial charge on any atom is -0.491 e. The van der Waals surface area contributed by atoms with Gasteiger partial charge in [-0.1, -0.05) is 42.5 Å². The molecule has 0 bridgehead atoms. The molecule has 40 heavy (non-hydrogen) atoms. The maximum absolute atomic E-state index is 15.1. The highest BCUT2D eigenvalue weighted by Gasteiger charge is 2.24. The van der Waals surface area contributed by atoms with E-state index in [1.165, 1.54) is 18.2 Å². The highest BCUT2D eigenvalue weighted by atomic mass is 19.2. The lowest BCUT2D eigenvalue weighted by atomic mass is 9.83. The topological polar surface area (TPSA) is 9.23 Å². The van der Waals surface area contributed by atoms with Gasteiger partial charge < -0.3 is 4.74 Å². The first-order valence-corrected chi connectivity index (χ1v) is 13.6. The molecule has 1 nitrogen and oxygen atoms in total. The summed E-state index contributed by atoms with van der Waals surface area (Å²) in [6.07, 6.45) is 9.47. The Balaban J connectivity index is 1.43. The summed E-state index contributed by atoms with van der Waals surface area (Å²) in [5, 5.41) is 0. The quantitative estimate of drug-likeness (QED) is 0.178. The predicted octanol–water partition coefficient (Wildman–Crippen LogP) is 9.91. The van der Waals surface area contributed by atoms with Crippen LogP contribution in [0.3, 0.4) is 0 Å². The van der Waals surface area contributed by atoms with Crippen molar-refractivity contribution in [2.75, 3.05) is 6.61 Å². The summed E-state index contributed by atoms with van der Waals surface area (Å²) < 4.78 is 93.2. The highest BCUT2D eigenvalue weighted by molar-refractivity contribution is 5.72. The summed E-state index contributed by atoms with van der Waals surface area (Å²) in [5.41, 5.74) is 0.630. The van der Waals surface area contributed by atoms with E-state index in [1.807, 2.05) is 25.2 Å². The van der Waals surface area contributed by atoms with Gasteiger partial charge in [0.2, 0.25) is 5.82 Å². The van der Waals surface area contributed by atoms with Crippen LogP contribution in [0, 0.1) is 40.8 Å². The Bertz CT molecular complexity index is 1430. The molecule has 212 valence electrons. The van der Waals surface area contributed by atoms with Crippen molar-refractivity contribution in [2.24, 2.45) is 5.92 Å². The van der Waals surface area contributed by atoms with Crippen LogP contribution in [0.5, 0.6) is 5.75 Å². The predicted molar refractivity (Wildman–Crippen MR) is 146 cm³/mol. The van der Waals surface area contributed by atoms with Crippen LogP contribution in [0.15, 0.2) is 54.6 Å². The summed E-state index contributed by atoms with van der Waals surface area (Å²) in [6, 6.07) is 8.27. The molecule has 0 radical (unpaired) electrons. The molecule has 0 aromatic heterocycles. The fourth-order valence-corrected chi connectivity index (χ4v) is 5.19. The molecule has 0 aliphatic heterocycles. The van der Waals surface area contributed by atoms with Crippen molar-refractivity contribution >= 4 is 5.57 Å². The molecule has 3 aromatic rings. The number of hydrogen-bond acceptors (Lipinski definition) is 1. The fraction of sp³-hybridized carbons (Fsp3) is 0.333. The van der Waals surface area contributed by atoms with Gasteiger partial charge in [-0.25, -0.2) is 22.0 Å². The first kappa shape index (κ1) is 29.5. The summed E-state index contributed by atoms with van der Waals surface area (Å²) in [4.78, 5) is 0. The molecule has 0 fully saturated rings. The molecule has 0 heterocycles. The molecule has 7 heteroatoms. The zero-order valence-corrected chi connectivity index (χ0v) is 22.6. The molecule has 3 aromatic carbocycles. The Morgan fingerprint density at radius 2 is 1.35 bits per heavy atom. The van der Waals surface area contributed by atoms with Gasteiger partial charge in [-0.2, -0.15) is 4.39 Å². The normalized spacial score (nSPS) is 15.5. The Morgan fingerprint density at radius 1 is 0.750 bits per heavy atom. The van der Waals surface area contributed by atoms with E-state index in [9.17, 15) is 17.6 Å². The minimum absolute atomic E-state index is 0.0770. The molecule has 0 amide bonds. The van der Waals surface area contributed by atoms with Gasteiger partial charge in [0, 0.05) is 16.7 Å². The molecule has 0 N–H and O–H groups in total. The van der Waals surface area contributed by atoms with E-state index < -0.39 is 40.5 Å². The monoisotopic (exact) mass is 558 g/mol. The van der Waals surface area contributed by atoms with Crippen molar-refractivity contribution < 1.29 is 31.1 Å². The Kier molecular flexibility index (Phi) is 9.77. The maximum atomic E-state index is 15.1. The van der Waals surface area contributed by atoms with Gasteiger partial charge in [0.1, 0.15) is 0 Å². The molecule has 1 aliphatic rings. The average Bonchev–Trinajstić information content (AvgIpc) is 2.96. The number of rotatable bonds is 10. The number of hydrogen-bond donors (Lipinski definition) is 0. The van der Waals surface area contributed by atoms with Crippen molar-refractivity contribution in [1.82, 2.24) is 0 Å². The molecule has 0 saturated heterocycles. The highest BCUT2D eigenvalue weighted by Crippen LogP contribution is 2.38. The van der Waals surface area contributed by atoms with Gasteiger partial charge in [-0.15, -0.1) is 0 Å². The summed E-state index contributed by atoms with van der Waals surface area (Å²) in [6.45, 7) is 3.63. The van der Waals surface area contributed by atoms with Gasteiger partial charge >= 0.3 is 0 Å². The molecule has 1 atom stereocenters. The first-order chi connectivity index (χ1) is 19.3. The van der Waals surface area contributed by atoms with Crippen LogP contribution < -0.4 is 4.74 Å². The van der Waals surface area contributed by atoms with Gasteiger partial charge in [-0.05, 0) is 93.5 Å². The second-order valence-electron chi connectivity index (χ2n) is 9.99. The molecular weight excluding hydrogens is 526 g/mol. The van der Waals surface area contributed by atoms with Crippen LogP contribution in [0.25, 0.3) is 16.7 Å². The van der Waals surface area contributed by atoms with Crippen LogP contribution in [0.2, 0.25) is 0 Å². The van der Waals surface area contributed by atoms with Crippen LogP contribution in [-0.2, 0) is 12.8 Å². The number of benzene rings is 3. The van der Waals surface area contributed by atoms with Gasteiger partial charge in [0.25, 0.3) is 0 Å². The molecule has 0 spiro atoms. The maximum Gasteiger partial charge on any atom is 0.201 e. The Morgan fingerprint density at radius 3 is 1.98 bits per heavy atom. The third-order valence-electron chi connectivity index (χ3n) is 7.46. The van der Waals surface area contributed by atoms with E-state index in [0.717, 1.165) is 6.07 Å². The fourth-order valence-electron chi connectivity index (χ4n) is 5.19. The second kappa shape index (κ2) is 13.2. The lowest BCUT2D eigenvalue weighted by Gasteiger charge is -2.23. The number of halogens is 6. The number of ether oxygens (including phenoxy) is 1. The average molecular weight is 559 g/mol. The summed E-state index contributed by atoms with van der Waals surface area (Å²) >= 11 is 0. The minimum atomic E-state index is -1.31. The van der Waals surface area contributed by atoms with E-state index in [1.54, 1.807) is 19.1 Å². The van der Waals surface area contributed by atoms with E-state index in [0.29, 0.717) is 61.6 Å². The largest absolute Gasteiger partial charge is 0.491 e. The van der Waals surface area contributed by atoms with Gasteiger partial charge in [0.05, 0.1) is 6.61 Å². The molecular formula is C33H32F6O. The Labute approximate surface area is 231 Å². The zero-order valence-electron chi connectivity index (χ0n) is 22.6. The van der Waals surface area contributed by atoms with E-state index in [4.69, 9.17) is 4.74 Å². The van der Waals surface area contributed by atoms with Crippen molar-refractivity contribution in [3.05, 3.63) is 106 Å². The van der Waals surface area contributed by atoms with Crippen molar-refractivity contribution in [1.29, 1.82) is 0 Å². The molecule has 0 saturated carbocycles. The van der Waals surface area contributed by atoms with Crippen molar-refractivity contribution in [3.63, 3.8) is 0 Å². The van der Waals surface area contributed by atoms with Crippen LogP contribution in [0.4, 0.5) is 26.3 Å². The van der Waals surface area contributed by atoms with E-state index >= 15 is 8.78 Å².